The molecule has 1 heterocycles. The number of amides is 1. The third-order valence-electron chi connectivity index (χ3n) is 3.22. The van der Waals surface area contributed by atoms with E-state index in [2.05, 4.69) is 4.74 Å². The summed E-state index contributed by atoms with van der Waals surface area (Å²) in [4.78, 5) is 26.8. The maximum absolute atomic E-state index is 12.2. The maximum Gasteiger partial charge on any atom is 0.319 e. The molecule has 0 saturated carbocycles. The molecule has 1 aromatic carbocycles. The molecule has 2 rings (SSSR count). The Morgan fingerprint density at radius 3 is 2.79 bits per heavy atom. The van der Waals surface area contributed by atoms with Gasteiger partial charge >= 0.3 is 5.97 Å². The molecule has 0 bridgehead atoms. The van der Waals surface area contributed by atoms with Gasteiger partial charge in [0.2, 0.25) is 5.91 Å². The number of anilines is 1. The van der Waals surface area contributed by atoms with Gasteiger partial charge in [-0.25, -0.2) is 0 Å². The molecule has 1 aliphatic heterocycles. The molecule has 0 aliphatic carbocycles. The molecule has 5 heteroatoms. The van der Waals surface area contributed by atoms with Crippen molar-refractivity contribution in [1.29, 1.82) is 0 Å². The monoisotopic (exact) mass is 262 g/mol. The predicted molar refractivity (Wildman–Crippen MR) is 72.0 cm³/mol. The lowest BCUT2D eigenvalue weighted by Gasteiger charge is -2.21. The van der Waals surface area contributed by atoms with Crippen LogP contribution in [0.3, 0.4) is 0 Å². The molecule has 0 atom stereocenters. The molecule has 0 aromatic heterocycles. The molecule has 0 fully saturated rings. The maximum atomic E-state index is 12.2. The highest BCUT2D eigenvalue weighted by Gasteiger charge is 2.25. The van der Waals surface area contributed by atoms with E-state index in [4.69, 9.17) is 0 Å². The zero-order chi connectivity index (χ0) is 13.8. The lowest BCUT2D eigenvalue weighted by atomic mass is 10.2. The summed E-state index contributed by atoms with van der Waals surface area (Å²) in [6, 6.07) is 7.92. The number of para-hydroxylation sites is 1. The molecule has 1 aliphatic rings. The topological polar surface area (TPSA) is 49.9 Å². The van der Waals surface area contributed by atoms with Crippen molar-refractivity contribution in [3.05, 3.63) is 29.8 Å². The van der Waals surface area contributed by atoms with E-state index in [9.17, 15) is 9.59 Å². The first-order chi connectivity index (χ1) is 9.11. The van der Waals surface area contributed by atoms with Gasteiger partial charge in [0.1, 0.15) is 0 Å². The van der Waals surface area contributed by atoms with E-state index in [1.807, 2.05) is 24.3 Å². The Morgan fingerprint density at radius 2 is 2.05 bits per heavy atom. The second-order valence-electron chi connectivity index (χ2n) is 4.67. The molecular weight excluding hydrogens is 244 g/mol. The first-order valence-electron chi connectivity index (χ1n) is 6.25. The van der Waals surface area contributed by atoms with Crippen molar-refractivity contribution in [3.8, 4) is 0 Å². The summed E-state index contributed by atoms with van der Waals surface area (Å²) in [5.41, 5.74) is 2.19. The summed E-state index contributed by atoms with van der Waals surface area (Å²) < 4.78 is 4.58. The van der Waals surface area contributed by atoms with E-state index in [0.717, 1.165) is 12.1 Å². The number of methoxy groups -OCH3 is 1. The third kappa shape index (κ3) is 3.12. The Bertz CT molecular complexity index is 487. The summed E-state index contributed by atoms with van der Waals surface area (Å²) in [7, 11) is 3.07. The first-order valence-corrected chi connectivity index (χ1v) is 6.25. The van der Waals surface area contributed by atoms with Crippen molar-refractivity contribution in [3.63, 3.8) is 0 Å². The van der Waals surface area contributed by atoms with Crippen LogP contribution in [0.25, 0.3) is 0 Å². The zero-order valence-electron chi connectivity index (χ0n) is 11.3. The standard InChI is InChI=1S/C14H18N2O3/c1-15(10-14(18)19-2)9-13(17)16-8-7-11-5-3-4-6-12(11)16/h3-6H,7-10H2,1-2H3. The Labute approximate surface area is 112 Å². The van der Waals surface area contributed by atoms with Crippen LogP contribution in [0.2, 0.25) is 0 Å². The van der Waals surface area contributed by atoms with Crippen LogP contribution < -0.4 is 4.90 Å². The number of hydrogen-bond acceptors (Lipinski definition) is 4. The Balaban J connectivity index is 1.97. The second-order valence-corrected chi connectivity index (χ2v) is 4.67. The van der Waals surface area contributed by atoms with Gasteiger partial charge in [-0.15, -0.1) is 0 Å². The van der Waals surface area contributed by atoms with Crippen molar-refractivity contribution >= 4 is 17.6 Å². The van der Waals surface area contributed by atoms with Gasteiger partial charge in [0.05, 0.1) is 20.2 Å². The van der Waals surface area contributed by atoms with E-state index >= 15 is 0 Å². The van der Waals surface area contributed by atoms with E-state index in [1.165, 1.54) is 12.7 Å². The predicted octanol–water partition coefficient (Wildman–Crippen LogP) is 0.681. The molecule has 0 saturated heterocycles. The number of hydrogen-bond donors (Lipinski definition) is 0. The molecule has 0 unspecified atom stereocenters. The quantitative estimate of drug-likeness (QED) is 0.749. The van der Waals surface area contributed by atoms with Gasteiger partial charge in [-0.1, -0.05) is 18.2 Å². The van der Waals surface area contributed by atoms with Gasteiger partial charge in [-0.3, -0.25) is 14.5 Å². The van der Waals surface area contributed by atoms with Crippen molar-refractivity contribution in [2.45, 2.75) is 6.42 Å². The fourth-order valence-corrected chi connectivity index (χ4v) is 2.25. The van der Waals surface area contributed by atoms with Crippen LogP contribution in [0.15, 0.2) is 24.3 Å². The van der Waals surface area contributed by atoms with Crippen LogP contribution in [0.4, 0.5) is 5.69 Å². The van der Waals surface area contributed by atoms with E-state index < -0.39 is 0 Å². The smallest absolute Gasteiger partial charge is 0.319 e. The summed E-state index contributed by atoms with van der Waals surface area (Å²) in [6.45, 7) is 1.05. The number of nitrogens with zero attached hydrogens (tertiary/aromatic N) is 2. The fraction of sp³-hybridized carbons (Fsp3) is 0.429. The van der Waals surface area contributed by atoms with Gasteiger partial charge in [0.15, 0.2) is 0 Å². The lowest BCUT2D eigenvalue weighted by Crippen LogP contribution is -2.40. The zero-order valence-corrected chi connectivity index (χ0v) is 11.3. The Kier molecular flexibility index (Phi) is 4.16. The fourth-order valence-electron chi connectivity index (χ4n) is 2.25. The van der Waals surface area contributed by atoms with Gasteiger partial charge in [0, 0.05) is 12.2 Å². The minimum absolute atomic E-state index is 0.0105. The Hall–Kier alpha value is -1.88. The largest absolute Gasteiger partial charge is 0.468 e. The Morgan fingerprint density at radius 1 is 1.32 bits per heavy atom. The minimum atomic E-state index is -0.336. The van der Waals surface area contributed by atoms with Crippen molar-refractivity contribution in [2.75, 3.05) is 38.7 Å². The lowest BCUT2D eigenvalue weighted by molar-refractivity contribution is -0.141. The van der Waals surface area contributed by atoms with E-state index in [1.54, 1.807) is 16.8 Å². The van der Waals surface area contributed by atoms with E-state index in [-0.39, 0.29) is 25.0 Å². The number of esters is 1. The molecule has 1 aromatic rings. The summed E-state index contributed by atoms with van der Waals surface area (Å²) in [5, 5.41) is 0. The van der Waals surface area contributed by atoms with Gasteiger partial charge < -0.3 is 9.64 Å². The number of rotatable bonds is 4. The number of carbonyl (C=O) groups is 2. The molecule has 102 valence electrons. The number of fused-ring (bicyclic) bond motifs is 1. The van der Waals surface area contributed by atoms with Crippen LogP contribution in [-0.4, -0.2) is 50.6 Å². The molecule has 0 radical (unpaired) electrons. The molecule has 0 spiro atoms. The molecule has 0 N–H and O–H groups in total. The average molecular weight is 262 g/mol. The number of likely N-dealkylation sites (N-methyl/N-ethyl adjacent to an activating group) is 1. The van der Waals surface area contributed by atoms with Crippen LogP contribution in [-0.2, 0) is 20.7 Å². The van der Waals surface area contributed by atoms with Crippen LogP contribution >= 0.6 is 0 Å². The van der Waals surface area contributed by atoms with E-state index in [0.29, 0.717) is 6.54 Å². The summed E-state index contributed by atoms with van der Waals surface area (Å²) in [6.07, 6.45) is 0.891. The summed E-state index contributed by atoms with van der Waals surface area (Å²) >= 11 is 0. The highest BCUT2D eigenvalue weighted by molar-refractivity contribution is 5.96. The highest BCUT2D eigenvalue weighted by atomic mass is 16.5. The van der Waals surface area contributed by atoms with Crippen LogP contribution in [0.5, 0.6) is 0 Å². The van der Waals surface area contributed by atoms with Crippen molar-refractivity contribution in [2.24, 2.45) is 0 Å². The van der Waals surface area contributed by atoms with Crippen molar-refractivity contribution < 1.29 is 14.3 Å². The summed E-state index contributed by atoms with van der Waals surface area (Å²) in [5.74, 6) is -0.325. The molecular formula is C14H18N2O3. The highest BCUT2D eigenvalue weighted by Crippen LogP contribution is 2.27. The molecule has 5 nitrogen and oxygen atoms in total. The SMILES string of the molecule is COC(=O)CN(C)CC(=O)N1CCc2ccccc21. The molecule has 19 heavy (non-hydrogen) atoms. The van der Waals surface area contributed by atoms with Gasteiger partial charge in [0.25, 0.3) is 0 Å². The van der Waals surface area contributed by atoms with Gasteiger partial charge in [-0.05, 0) is 25.1 Å². The van der Waals surface area contributed by atoms with Crippen LogP contribution in [0, 0.1) is 0 Å². The number of ether oxygens (including phenoxy) is 1. The van der Waals surface area contributed by atoms with Crippen molar-refractivity contribution in [1.82, 2.24) is 4.90 Å². The first kappa shape index (κ1) is 13.5. The van der Waals surface area contributed by atoms with Gasteiger partial charge in [-0.2, -0.15) is 0 Å². The third-order valence-corrected chi connectivity index (χ3v) is 3.22. The minimum Gasteiger partial charge on any atom is -0.468 e. The van der Waals surface area contributed by atoms with Crippen LogP contribution in [0.1, 0.15) is 5.56 Å². The molecule has 1 amide bonds. The average Bonchev–Trinajstić information content (AvgIpc) is 2.82. The normalized spacial score (nSPS) is 13.5. The number of benzene rings is 1. The number of carbonyl (C=O) groups excluding carboxylic acids is 2. The second kappa shape index (κ2) is 5.84.